The molecule has 0 saturated heterocycles. The molecule has 150 valence electrons. The zero-order chi connectivity index (χ0) is 21.0. The smallest absolute Gasteiger partial charge is 0.280 e. The molecule has 2 N–H and O–H groups in total. The van der Waals surface area contributed by atoms with Crippen molar-refractivity contribution in [3.05, 3.63) is 80.1 Å². The summed E-state index contributed by atoms with van der Waals surface area (Å²) in [6, 6.07) is 12.2. The first kappa shape index (κ1) is 18.1. The molecule has 1 amide bonds. The van der Waals surface area contributed by atoms with E-state index in [1.165, 1.54) is 4.57 Å². The van der Waals surface area contributed by atoms with Crippen molar-refractivity contribution < 1.29 is 9.90 Å². The van der Waals surface area contributed by atoms with E-state index in [0.29, 0.717) is 28.4 Å². The first-order valence-corrected chi connectivity index (χ1v) is 9.64. The van der Waals surface area contributed by atoms with E-state index in [9.17, 15) is 19.5 Å². The summed E-state index contributed by atoms with van der Waals surface area (Å²) in [6.45, 7) is 2.04. The van der Waals surface area contributed by atoms with Crippen LogP contribution >= 0.6 is 0 Å². The molecule has 30 heavy (non-hydrogen) atoms. The summed E-state index contributed by atoms with van der Waals surface area (Å²) in [5, 5.41) is 11.6. The normalized spacial score (nSPS) is 13.0. The maximum absolute atomic E-state index is 13.1. The minimum absolute atomic E-state index is 0.260. The van der Waals surface area contributed by atoms with Crippen LogP contribution in [0.5, 0.6) is 5.75 Å². The molecule has 0 unspecified atom stereocenters. The Morgan fingerprint density at radius 3 is 2.67 bits per heavy atom. The number of carbonyl (C=O) groups excluding carboxylic acids is 1. The number of benzene rings is 2. The molecule has 8 nitrogen and oxygen atoms in total. The summed E-state index contributed by atoms with van der Waals surface area (Å²) < 4.78 is 2.53. The Bertz CT molecular complexity index is 1480. The lowest BCUT2D eigenvalue weighted by atomic mass is 9.99. The maximum Gasteiger partial charge on any atom is 0.280 e. The van der Waals surface area contributed by atoms with Crippen LogP contribution in [0.3, 0.4) is 0 Å². The van der Waals surface area contributed by atoms with Gasteiger partial charge >= 0.3 is 0 Å². The predicted octanol–water partition coefficient (Wildman–Crippen LogP) is 2.06. The predicted molar refractivity (Wildman–Crippen MR) is 113 cm³/mol. The monoisotopic (exact) mass is 402 g/mol. The molecule has 8 heteroatoms. The SMILES string of the molecule is Cc1nc2ccccc2c(=O)n1NC(=O)c1c(O)c2cccc3c2n(c1=O)CCC3. The fourth-order valence-corrected chi connectivity index (χ4v) is 4.15. The number of hydrogen-bond acceptors (Lipinski definition) is 5. The topological polar surface area (TPSA) is 106 Å². The number of aryl methyl sites for hydroxylation is 3. The van der Waals surface area contributed by atoms with Gasteiger partial charge in [-0.1, -0.05) is 24.3 Å². The number of para-hydroxylation sites is 2. The molecule has 1 aliphatic heterocycles. The van der Waals surface area contributed by atoms with Crippen LogP contribution in [0.4, 0.5) is 0 Å². The van der Waals surface area contributed by atoms with E-state index >= 15 is 0 Å². The van der Waals surface area contributed by atoms with Crippen LogP contribution in [0.25, 0.3) is 21.8 Å². The molecular weight excluding hydrogens is 384 g/mol. The van der Waals surface area contributed by atoms with Crippen molar-refractivity contribution in [1.82, 2.24) is 14.2 Å². The zero-order valence-corrected chi connectivity index (χ0v) is 16.2. The van der Waals surface area contributed by atoms with Gasteiger partial charge in [-0.25, -0.2) is 9.66 Å². The molecule has 0 aliphatic carbocycles. The van der Waals surface area contributed by atoms with Gasteiger partial charge < -0.3 is 9.67 Å². The summed E-state index contributed by atoms with van der Waals surface area (Å²) >= 11 is 0. The Hall–Kier alpha value is -3.94. The van der Waals surface area contributed by atoms with Crippen LogP contribution in [-0.2, 0) is 13.0 Å². The fraction of sp³-hybridized carbons (Fsp3) is 0.182. The van der Waals surface area contributed by atoms with Gasteiger partial charge in [-0.2, -0.15) is 0 Å². The molecule has 0 radical (unpaired) electrons. The molecule has 0 saturated carbocycles. The lowest BCUT2D eigenvalue weighted by Gasteiger charge is -2.21. The van der Waals surface area contributed by atoms with Crippen LogP contribution in [0, 0.1) is 6.92 Å². The minimum Gasteiger partial charge on any atom is -0.506 e. The Labute approximate surface area is 170 Å². The second kappa shape index (κ2) is 6.55. The maximum atomic E-state index is 13.1. The summed E-state index contributed by atoms with van der Waals surface area (Å²) in [4.78, 5) is 43.3. The quantitative estimate of drug-likeness (QED) is 0.534. The van der Waals surface area contributed by atoms with Crippen LogP contribution in [0.2, 0.25) is 0 Å². The molecule has 0 atom stereocenters. The van der Waals surface area contributed by atoms with Crippen molar-refractivity contribution in [1.29, 1.82) is 0 Å². The highest BCUT2D eigenvalue weighted by Crippen LogP contribution is 2.31. The number of rotatable bonds is 2. The third-order valence-electron chi connectivity index (χ3n) is 5.55. The van der Waals surface area contributed by atoms with Crippen LogP contribution < -0.4 is 16.5 Å². The van der Waals surface area contributed by atoms with E-state index in [1.807, 2.05) is 6.07 Å². The number of amides is 1. The summed E-state index contributed by atoms with van der Waals surface area (Å²) in [5.74, 6) is -0.982. The Morgan fingerprint density at radius 2 is 1.83 bits per heavy atom. The fourth-order valence-electron chi connectivity index (χ4n) is 4.15. The van der Waals surface area contributed by atoms with E-state index in [-0.39, 0.29) is 17.1 Å². The van der Waals surface area contributed by atoms with Crippen LogP contribution in [0.1, 0.15) is 28.2 Å². The van der Waals surface area contributed by atoms with Gasteiger partial charge in [0, 0.05) is 11.9 Å². The van der Waals surface area contributed by atoms with Crippen molar-refractivity contribution >= 4 is 27.7 Å². The van der Waals surface area contributed by atoms with Gasteiger partial charge in [-0.05, 0) is 43.5 Å². The standard InChI is InChI=1S/C22H18N4O4/c1-12-23-16-10-3-2-8-14(16)21(29)26(12)24-20(28)17-19(27)15-9-4-6-13-7-5-11-25(18(13)15)22(17)30/h2-4,6,8-10,27H,5,7,11H2,1H3,(H,24,28). The molecule has 1 aliphatic rings. The summed E-state index contributed by atoms with van der Waals surface area (Å²) in [6.07, 6.45) is 1.57. The summed E-state index contributed by atoms with van der Waals surface area (Å²) in [7, 11) is 0. The number of hydrogen-bond donors (Lipinski definition) is 2. The number of aromatic nitrogens is 3. The van der Waals surface area contributed by atoms with Gasteiger partial charge in [-0.3, -0.25) is 19.8 Å². The Morgan fingerprint density at radius 1 is 1.07 bits per heavy atom. The van der Waals surface area contributed by atoms with Gasteiger partial charge in [-0.15, -0.1) is 0 Å². The first-order chi connectivity index (χ1) is 14.5. The molecule has 0 bridgehead atoms. The molecule has 5 rings (SSSR count). The van der Waals surface area contributed by atoms with E-state index in [2.05, 4.69) is 10.4 Å². The Balaban J connectivity index is 1.68. The number of aromatic hydroxyl groups is 1. The van der Waals surface area contributed by atoms with Crippen LogP contribution in [-0.4, -0.2) is 25.2 Å². The number of pyridine rings is 1. The molecule has 0 fully saturated rings. The molecule has 3 heterocycles. The number of nitrogens with one attached hydrogen (secondary N) is 1. The lowest BCUT2D eigenvalue weighted by molar-refractivity contribution is 0.100. The highest BCUT2D eigenvalue weighted by atomic mass is 16.3. The summed E-state index contributed by atoms with van der Waals surface area (Å²) in [5.41, 5.74) is 3.14. The molecule has 2 aromatic heterocycles. The third-order valence-corrected chi connectivity index (χ3v) is 5.55. The molecule has 4 aromatic rings. The Kier molecular flexibility index (Phi) is 3.95. The van der Waals surface area contributed by atoms with E-state index in [0.717, 1.165) is 23.1 Å². The first-order valence-electron chi connectivity index (χ1n) is 9.64. The number of carbonyl (C=O) groups is 1. The largest absolute Gasteiger partial charge is 0.506 e. The zero-order valence-electron chi connectivity index (χ0n) is 16.2. The average molecular weight is 402 g/mol. The van der Waals surface area contributed by atoms with E-state index < -0.39 is 17.0 Å². The minimum atomic E-state index is -0.860. The second-order valence-electron chi connectivity index (χ2n) is 7.35. The molecule has 2 aromatic carbocycles. The van der Waals surface area contributed by atoms with Gasteiger partial charge in [0.1, 0.15) is 17.1 Å². The third kappa shape index (κ3) is 2.53. The van der Waals surface area contributed by atoms with Crippen molar-refractivity contribution in [2.75, 3.05) is 5.43 Å². The number of nitrogens with zero attached hydrogens (tertiary/aromatic N) is 3. The van der Waals surface area contributed by atoms with Gasteiger partial charge in [0.15, 0.2) is 0 Å². The van der Waals surface area contributed by atoms with E-state index in [4.69, 9.17) is 0 Å². The van der Waals surface area contributed by atoms with Crippen molar-refractivity contribution in [2.45, 2.75) is 26.3 Å². The van der Waals surface area contributed by atoms with Crippen molar-refractivity contribution in [2.24, 2.45) is 0 Å². The van der Waals surface area contributed by atoms with E-state index in [1.54, 1.807) is 43.3 Å². The average Bonchev–Trinajstić information content (AvgIpc) is 2.75. The van der Waals surface area contributed by atoms with Gasteiger partial charge in [0.05, 0.1) is 16.4 Å². The second-order valence-corrected chi connectivity index (χ2v) is 7.35. The van der Waals surface area contributed by atoms with Crippen molar-refractivity contribution in [3.63, 3.8) is 0 Å². The lowest BCUT2D eigenvalue weighted by Crippen LogP contribution is -2.39. The van der Waals surface area contributed by atoms with Crippen LogP contribution in [0.15, 0.2) is 52.1 Å². The molecule has 0 spiro atoms. The highest BCUT2D eigenvalue weighted by molar-refractivity contribution is 6.06. The number of fused-ring (bicyclic) bond motifs is 1. The van der Waals surface area contributed by atoms with Gasteiger partial charge in [0.25, 0.3) is 17.0 Å². The van der Waals surface area contributed by atoms with Gasteiger partial charge in [0.2, 0.25) is 0 Å². The highest BCUT2D eigenvalue weighted by Gasteiger charge is 2.26. The molecular formula is C22H18N4O4. The van der Waals surface area contributed by atoms with Crippen molar-refractivity contribution in [3.8, 4) is 5.75 Å².